The van der Waals surface area contributed by atoms with Crippen molar-refractivity contribution >= 4 is 39.7 Å². The van der Waals surface area contributed by atoms with Gasteiger partial charge in [-0.25, -0.2) is 4.79 Å². The molecule has 1 N–H and O–H groups in total. The molecular weight excluding hydrogens is 769 g/mol. The molecule has 3 aliphatic rings. The lowest BCUT2D eigenvalue weighted by molar-refractivity contribution is -0.153. The van der Waals surface area contributed by atoms with E-state index < -0.39 is 17.4 Å². The third kappa shape index (κ3) is 9.09. The van der Waals surface area contributed by atoms with E-state index in [0.29, 0.717) is 62.6 Å². The van der Waals surface area contributed by atoms with Gasteiger partial charge in [-0.1, -0.05) is 54.6 Å². The standard InChI is InChI=1S/C48H60N8O5/c1-33-27-34(28-37-31-52(5)50-43(33)37)29-41(45(58)54-25-23-53(24-26-54)39-17-19-51(4)20-18-39)49-47(60)55-21-15-35(16-22-55)40-30-36-11-9-10-14-42(36)56(44(40)57)32-61-46(59)48(2,3)38-12-7-6-8-13-38/h6-14,27-28,30-31,35,39,41H,15-26,29,32H2,1-5H3,(H,49,60)/t41-/m1/s1. The number of ether oxygens (including phenoxy) is 1. The van der Waals surface area contributed by atoms with Crippen molar-refractivity contribution in [2.45, 2.75) is 83.0 Å². The van der Waals surface area contributed by atoms with Gasteiger partial charge in [0.15, 0.2) is 6.73 Å². The first-order chi connectivity index (χ1) is 29.3. The summed E-state index contributed by atoms with van der Waals surface area (Å²) in [6.45, 7) is 11.5. The summed E-state index contributed by atoms with van der Waals surface area (Å²) in [7, 11) is 4.08. The molecule has 13 heteroatoms. The molecular formula is C48H60N8O5. The number of amides is 3. The second-order valence-electron chi connectivity index (χ2n) is 18.0. The SMILES string of the molecule is Cc1cc(C[C@@H](NC(=O)N2CCC(c3cc4ccccc4n(COC(=O)C(C)(C)c4ccccc4)c3=O)CC2)C(=O)N2CCN(C3CCN(C)CC3)CC2)cc2cn(C)nc12. The van der Waals surface area contributed by atoms with Crippen molar-refractivity contribution in [1.29, 1.82) is 0 Å². The van der Waals surface area contributed by atoms with Crippen LogP contribution in [-0.4, -0.2) is 123 Å². The van der Waals surface area contributed by atoms with Crippen LogP contribution in [0.4, 0.5) is 4.79 Å². The number of para-hydroxylation sites is 1. The number of aryl methyl sites for hydroxylation is 2. The zero-order chi connectivity index (χ0) is 42.8. The second-order valence-corrected chi connectivity index (χ2v) is 18.0. The summed E-state index contributed by atoms with van der Waals surface area (Å²) in [6.07, 6.45) is 5.81. The van der Waals surface area contributed by atoms with Crippen LogP contribution in [0.15, 0.2) is 83.8 Å². The minimum Gasteiger partial charge on any atom is -0.443 e. The van der Waals surface area contributed by atoms with Gasteiger partial charge >= 0.3 is 12.0 Å². The maximum Gasteiger partial charge on any atom is 0.318 e. The highest BCUT2D eigenvalue weighted by molar-refractivity contribution is 5.88. The molecule has 0 bridgehead atoms. The molecule has 2 aromatic heterocycles. The van der Waals surface area contributed by atoms with Crippen LogP contribution in [0.5, 0.6) is 0 Å². The molecule has 13 nitrogen and oxygen atoms in total. The van der Waals surface area contributed by atoms with E-state index in [2.05, 4.69) is 39.4 Å². The van der Waals surface area contributed by atoms with Gasteiger partial charge in [0.25, 0.3) is 5.56 Å². The van der Waals surface area contributed by atoms with Gasteiger partial charge in [0.2, 0.25) is 5.91 Å². The van der Waals surface area contributed by atoms with Crippen molar-refractivity contribution < 1.29 is 19.1 Å². The largest absolute Gasteiger partial charge is 0.443 e. The summed E-state index contributed by atoms with van der Waals surface area (Å²) >= 11 is 0. The zero-order valence-corrected chi connectivity index (χ0v) is 36.3. The van der Waals surface area contributed by atoms with Crippen LogP contribution >= 0.6 is 0 Å². The lowest BCUT2D eigenvalue weighted by atomic mass is 9.85. The number of rotatable bonds is 10. The van der Waals surface area contributed by atoms with Crippen LogP contribution in [0.3, 0.4) is 0 Å². The van der Waals surface area contributed by atoms with E-state index in [0.717, 1.165) is 72.0 Å². The number of pyridine rings is 1. The number of urea groups is 1. The minimum atomic E-state index is -0.900. The fourth-order valence-electron chi connectivity index (χ4n) is 9.63. The van der Waals surface area contributed by atoms with E-state index >= 15 is 0 Å². The highest BCUT2D eigenvalue weighted by Gasteiger charge is 2.35. The smallest absolute Gasteiger partial charge is 0.318 e. The quantitative estimate of drug-likeness (QED) is 0.186. The molecule has 1 atom stereocenters. The van der Waals surface area contributed by atoms with Crippen molar-refractivity contribution in [1.82, 2.24) is 39.3 Å². The van der Waals surface area contributed by atoms with E-state index in [9.17, 15) is 19.2 Å². The predicted molar refractivity (Wildman–Crippen MR) is 237 cm³/mol. The number of benzene rings is 3. The van der Waals surface area contributed by atoms with Gasteiger partial charge in [-0.05, 0) is 113 Å². The number of likely N-dealkylation sites (tertiary alicyclic amines) is 2. The lowest BCUT2D eigenvalue weighted by Gasteiger charge is -2.43. The summed E-state index contributed by atoms with van der Waals surface area (Å²) in [5.74, 6) is -0.574. The number of piperidine rings is 2. The number of carbonyl (C=O) groups is 3. The number of hydrogen-bond donors (Lipinski definition) is 1. The van der Waals surface area contributed by atoms with Crippen molar-refractivity contribution in [2.75, 3.05) is 59.4 Å². The number of fused-ring (bicyclic) bond motifs is 2. The van der Waals surface area contributed by atoms with Crippen molar-refractivity contribution in [3.05, 3.63) is 112 Å². The fourth-order valence-corrected chi connectivity index (χ4v) is 9.63. The molecule has 3 aromatic carbocycles. The maximum absolute atomic E-state index is 14.4. The lowest BCUT2D eigenvalue weighted by Crippen LogP contribution is -2.59. The van der Waals surface area contributed by atoms with Gasteiger partial charge in [-0.2, -0.15) is 5.10 Å². The van der Waals surface area contributed by atoms with Crippen molar-refractivity contribution in [3.8, 4) is 0 Å². The van der Waals surface area contributed by atoms with Crippen molar-refractivity contribution in [2.24, 2.45) is 7.05 Å². The Labute approximate surface area is 358 Å². The van der Waals surface area contributed by atoms with E-state index in [1.807, 2.05) is 99.6 Å². The Balaban J connectivity index is 0.956. The Bertz CT molecular complexity index is 2440. The zero-order valence-electron chi connectivity index (χ0n) is 36.3. The predicted octanol–water partition coefficient (Wildman–Crippen LogP) is 5.41. The van der Waals surface area contributed by atoms with Crippen LogP contribution in [0.2, 0.25) is 0 Å². The highest BCUT2D eigenvalue weighted by atomic mass is 16.5. The Morgan fingerprint density at radius 1 is 0.820 bits per heavy atom. The van der Waals surface area contributed by atoms with E-state index in [1.165, 1.54) is 0 Å². The summed E-state index contributed by atoms with van der Waals surface area (Å²) in [5.41, 5.74) is 4.00. The molecule has 5 aromatic rings. The first kappa shape index (κ1) is 42.2. The van der Waals surface area contributed by atoms with Crippen LogP contribution in [-0.2, 0) is 39.9 Å². The number of carbonyl (C=O) groups excluding carboxylic acids is 3. The van der Waals surface area contributed by atoms with Crippen LogP contribution in [0.25, 0.3) is 21.8 Å². The van der Waals surface area contributed by atoms with Gasteiger partial charge in [-0.15, -0.1) is 0 Å². The number of hydrogen-bond acceptors (Lipinski definition) is 8. The molecule has 8 rings (SSSR count). The Kier molecular flexibility index (Phi) is 12.3. The molecule has 0 aliphatic carbocycles. The third-order valence-corrected chi connectivity index (χ3v) is 13.4. The summed E-state index contributed by atoms with van der Waals surface area (Å²) in [4.78, 5) is 64.8. The molecule has 0 saturated carbocycles. The molecule has 0 spiro atoms. The molecule has 0 radical (unpaired) electrons. The number of piperazine rings is 1. The molecule has 3 amide bonds. The van der Waals surface area contributed by atoms with E-state index in [-0.39, 0.29) is 30.1 Å². The van der Waals surface area contributed by atoms with Gasteiger partial charge < -0.3 is 24.8 Å². The highest BCUT2D eigenvalue weighted by Crippen LogP contribution is 2.30. The van der Waals surface area contributed by atoms with Crippen LogP contribution < -0.4 is 10.9 Å². The average Bonchev–Trinajstić information content (AvgIpc) is 3.66. The topological polar surface area (TPSA) is 125 Å². The minimum absolute atomic E-state index is 0.0558. The molecule has 3 saturated heterocycles. The van der Waals surface area contributed by atoms with Gasteiger partial charge in [0, 0.05) is 75.9 Å². The third-order valence-electron chi connectivity index (χ3n) is 13.4. The Morgan fingerprint density at radius 2 is 1.51 bits per heavy atom. The second kappa shape index (κ2) is 17.8. The van der Waals surface area contributed by atoms with E-state index in [1.54, 1.807) is 14.1 Å². The van der Waals surface area contributed by atoms with E-state index in [4.69, 9.17) is 4.74 Å². The van der Waals surface area contributed by atoms with Crippen LogP contribution in [0, 0.1) is 6.92 Å². The number of aromatic nitrogens is 3. The van der Waals surface area contributed by atoms with Gasteiger partial charge in [0.1, 0.15) is 6.04 Å². The van der Waals surface area contributed by atoms with Crippen molar-refractivity contribution in [3.63, 3.8) is 0 Å². The first-order valence-corrected chi connectivity index (χ1v) is 21.9. The fraction of sp³-hybridized carbons (Fsp3) is 0.479. The summed E-state index contributed by atoms with van der Waals surface area (Å²) < 4.78 is 9.21. The summed E-state index contributed by atoms with van der Waals surface area (Å²) in [5, 5.41) is 9.67. The first-order valence-electron chi connectivity index (χ1n) is 21.9. The Hall–Kier alpha value is -5.53. The van der Waals surface area contributed by atoms with Gasteiger partial charge in [-0.3, -0.25) is 28.5 Å². The normalized spacial score (nSPS) is 18.1. The number of esters is 1. The molecule has 0 unspecified atom stereocenters. The molecule has 3 fully saturated rings. The number of nitrogens with zero attached hydrogens (tertiary/aromatic N) is 7. The summed E-state index contributed by atoms with van der Waals surface area (Å²) in [6, 6.07) is 22.8. The van der Waals surface area contributed by atoms with Gasteiger partial charge in [0.05, 0.1) is 16.4 Å². The monoisotopic (exact) mass is 828 g/mol. The Morgan fingerprint density at radius 3 is 2.23 bits per heavy atom. The van der Waals surface area contributed by atoms with Crippen LogP contribution in [0.1, 0.15) is 67.7 Å². The molecule has 3 aliphatic heterocycles. The molecule has 5 heterocycles. The average molecular weight is 829 g/mol. The molecule has 61 heavy (non-hydrogen) atoms. The number of nitrogens with one attached hydrogen (secondary N) is 1. The maximum atomic E-state index is 14.4. The molecule has 322 valence electrons.